The van der Waals surface area contributed by atoms with Crippen molar-refractivity contribution >= 4 is 33.0 Å². The smallest absolute Gasteiger partial charge is 0.316 e. The number of imidazole rings is 1. The fourth-order valence-electron chi connectivity index (χ4n) is 5.06. The summed E-state index contributed by atoms with van der Waals surface area (Å²) in [6.07, 6.45) is 8.66. The van der Waals surface area contributed by atoms with E-state index in [0.717, 1.165) is 18.5 Å². The van der Waals surface area contributed by atoms with E-state index in [-0.39, 0.29) is 30.0 Å². The van der Waals surface area contributed by atoms with Crippen molar-refractivity contribution in [1.82, 2.24) is 23.6 Å². The van der Waals surface area contributed by atoms with Gasteiger partial charge in [-0.3, -0.25) is 15.5 Å². The highest BCUT2D eigenvalue weighted by Gasteiger charge is 2.39. The first kappa shape index (κ1) is 29.2. The fourth-order valence-corrected chi connectivity index (χ4v) is 6.78. The third-order valence-electron chi connectivity index (χ3n) is 7.96. The molecule has 14 heteroatoms. The van der Waals surface area contributed by atoms with Gasteiger partial charge < -0.3 is 14.2 Å². The van der Waals surface area contributed by atoms with Gasteiger partial charge in [-0.2, -0.15) is 14.1 Å². The number of anilines is 2. The number of halogens is 1. The van der Waals surface area contributed by atoms with E-state index in [2.05, 4.69) is 22.5 Å². The molecule has 2 aliphatic rings. The Bertz CT molecular complexity index is 1780. The predicted octanol–water partition coefficient (Wildman–Crippen LogP) is 3.70. The summed E-state index contributed by atoms with van der Waals surface area (Å²) in [6.45, 7) is 3.63. The first-order valence-corrected chi connectivity index (χ1v) is 15.9. The van der Waals surface area contributed by atoms with Gasteiger partial charge in [0.05, 0.1) is 36.3 Å². The molecule has 0 amide bonds. The molecule has 1 aliphatic carbocycles. The highest BCUT2D eigenvalue weighted by molar-refractivity contribution is 7.88. The highest BCUT2D eigenvalue weighted by Crippen LogP contribution is 2.45. The molecule has 0 radical (unpaired) electrons. The van der Waals surface area contributed by atoms with Crippen LogP contribution in [-0.4, -0.2) is 70.0 Å². The molecule has 2 N–H and O–H groups in total. The van der Waals surface area contributed by atoms with Gasteiger partial charge in [0.15, 0.2) is 0 Å². The number of rotatable bonds is 10. The Morgan fingerprint density at radius 2 is 1.88 bits per heavy atom. The van der Waals surface area contributed by atoms with E-state index in [4.69, 9.17) is 16.3 Å². The molecule has 2 fully saturated rings. The van der Waals surface area contributed by atoms with Crippen LogP contribution in [0.15, 0.2) is 72.2 Å². The van der Waals surface area contributed by atoms with Crippen molar-refractivity contribution in [3.8, 4) is 17.1 Å². The zero-order valence-corrected chi connectivity index (χ0v) is 25.1. The van der Waals surface area contributed by atoms with Gasteiger partial charge in [-0.25, -0.2) is 13.4 Å². The van der Waals surface area contributed by atoms with Crippen LogP contribution in [-0.2, 0) is 15.8 Å². The molecule has 0 atom stereocenters. The summed E-state index contributed by atoms with van der Waals surface area (Å²) >= 11 is 6.16. The van der Waals surface area contributed by atoms with Crippen LogP contribution in [0.4, 0.5) is 11.4 Å². The Labute approximate surface area is 254 Å². The molecule has 226 valence electrons. The predicted molar refractivity (Wildman–Crippen MR) is 163 cm³/mol. The van der Waals surface area contributed by atoms with Crippen LogP contribution in [0.2, 0.25) is 5.02 Å². The molecule has 2 aromatic heterocycles. The second kappa shape index (κ2) is 11.6. The SMILES string of the molecule is CC1(COc2c(N3CCN(S(=O)(=O)Cc4cc(-n5ccnc5)ccc4NO)CC3)cnn(-c3cccc(Cl)c3)c2=O)CC1. The molecule has 1 aliphatic heterocycles. The van der Waals surface area contributed by atoms with E-state index in [1.54, 1.807) is 71.9 Å². The van der Waals surface area contributed by atoms with Crippen molar-refractivity contribution in [3.05, 3.63) is 88.3 Å². The van der Waals surface area contributed by atoms with Crippen LogP contribution in [0.3, 0.4) is 0 Å². The third kappa shape index (κ3) is 6.25. The topological polar surface area (TPSA) is 135 Å². The molecule has 0 spiro atoms. The van der Waals surface area contributed by atoms with Crippen molar-refractivity contribution in [2.75, 3.05) is 43.2 Å². The molecule has 4 aromatic rings. The molecular formula is C29H32ClN7O5S. The maximum atomic E-state index is 13.6. The van der Waals surface area contributed by atoms with Gasteiger partial charge in [0.2, 0.25) is 15.8 Å². The van der Waals surface area contributed by atoms with Crippen LogP contribution >= 0.6 is 11.6 Å². The normalized spacial score (nSPS) is 16.7. The van der Waals surface area contributed by atoms with Gasteiger partial charge in [0, 0.05) is 54.7 Å². The van der Waals surface area contributed by atoms with Gasteiger partial charge >= 0.3 is 5.56 Å². The molecular weight excluding hydrogens is 594 g/mol. The Morgan fingerprint density at radius 1 is 1.09 bits per heavy atom. The van der Waals surface area contributed by atoms with Crippen LogP contribution in [0.1, 0.15) is 25.3 Å². The third-order valence-corrected chi connectivity index (χ3v) is 10.0. The minimum atomic E-state index is -3.74. The van der Waals surface area contributed by atoms with E-state index in [0.29, 0.717) is 47.3 Å². The number of aromatic nitrogens is 4. The molecule has 3 heterocycles. The summed E-state index contributed by atoms with van der Waals surface area (Å²) in [7, 11) is -3.74. The Kier molecular flexibility index (Phi) is 7.90. The second-order valence-electron chi connectivity index (χ2n) is 11.2. The Balaban J connectivity index is 1.21. The van der Waals surface area contributed by atoms with Crippen molar-refractivity contribution in [3.63, 3.8) is 0 Å². The number of benzene rings is 2. The van der Waals surface area contributed by atoms with E-state index < -0.39 is 15.6 Å². The Morgan fingerprint density at radius 3 is 2.56 bits per heavy atom. The number of hydrogen-bond donors (Lipinski definition) is 2. The van der Waals surface area contributed by atoms with Crippen molar-refractivity contribution in [2.24, 2.45) is 5.41 Å². The van der Waals surface area contributed by atoms with Crippen LogP contribution < -0.4 is 20.7 Å². The maximum Gasteiger partial charge on any atom is 0.316 e. The van der Waals surface area contributed by atoms with E-state index >= 15 is 0 Å². The monoisotopic (exact) mass is 625 g/mol. The molecule has 6 rings (SSSR count). The quantitative estimate of drug-likeness (QED) is 0.253. The summed E-state index contributed by atoms with van der Waals surface area (Å²) in [5.41, 5.74) is 4.25. The minimum Gasteiger partial charge on any atom is -0.486 e. The fraction of sp³-hybridized carbons (Fsp3) is 0.345. The molecule has 1 saturated heterocycles. The lowest BCUT2D eigenvalue weighted by Gasteiger charge is -2.36. The maximum absolute atomic E-state index is 13.6. The minimum absolute atomic E-state index is 0.0398. The zero-order valence-electron chi connectivity index (χ0n) is 23.6. The van der Waals surface area contributed by atoms with Crippen LogP contribution in [0, 0.1) is 5.41 Å². The summed E-state index contributed by atoms with van der Waals surface area (Å²) in [5, 5.41) is 14.5. The zero-order chi connectivity index (χ0) is 30.2. The van der Waals surface area contributed by atoms with Crippen molar-refractivity contribution < 1.29 is 18.4 Å². The van der Waals surface area contributed by atoms with E-state index in [1.807, 2.05) is 4.90 Å². The van der Waals surface area contributed by atoms with Gasteiger partial charge in [0.1, 0.15) is 5.69 Å². The Hall–Kier alpha value is -3.91. The van der Waals surface area contributed by atoms with Gasteiger partial charge in [-0.15, -0.1) is 0 Å². The van der Waals surface area contributed by atoms with Gasteiger partial charge in [-0.1, -0.05) is 24.6 Å². The standard InChI is InChI=1S/C29H32ClN7O5S/c1-29(7-8-29)19-42-27-26(17-32-37(28(27)38)24-4-2-3-22(30)16-24)34-11-13-36(14-12-34)43(40,41)18-21-15-23(5-6-25(21)33-39)35-10-9-31-20-35/h2-6,9-10,15-17,20,33,39H,7-8,11-14,18-19H2,1H3. The number of ether oxygens (including phenoxy) is 1. The van der Waals surface area contributed by atoms with Gasteiger partial charge in [-0.05, 0) is 54.8 Å². The first-order chi connectivity index (χ1) is 20.7. The molecule has 43 heavy (non-hydrogen) atoms. The molecule has 2 aromatic carbocycles. The largest absolute Gasteiger partial charge is 0.486 e. The lowest BCUT2D eigenvalue weighted by molar-refractivity contribution is 0.242. The average Bonchev–Trinajstić information content (AvgIpc) is 3.48. The summed E-state index contributed by atoms with van der Waals surface area (Å²) in [6, 6.07) is 12.0. The number of nitrogens with one attached hydrogen (secondary N) is 1. The molecule has 0 bridgehead atoms. The summed E-state index contributed by atoms with van der Waals surface area (Å²) < 4.78 is 37.6. The highest BCUT2D eigenvalue weighted by atomic mass is 35.5. The number of hydrogen-bond acceptors (Lipinski definition) is 9. The lowest BCUT2D eigenvalue weighted by Crippen LogP contribution is -2.49. The van der Waals surface area contributed by atoms with Crippen molar-refractivity contribution in [2.45, 2.75) is 25.5 Å². The van der Waals surface area contributed by atoms with Crippen molar-refractivity contribution in [1.29, 1.82) is 0 Å². The van der Waals surface area contributed by atoms with E-state index in [9.17, 15) is 18.4 Å². The number of piperazine rings is 1. The first-order valence-electron chi connectivity index (χ1n) is 13.9. The lowest BCUT2D eigenvalue weighted by atomic mass is 10.2. The molecule has 1 saturated carbocycles. The van der Waals surface area contributed by atoms with Crippen LogP contribution in [0.5, 0.6) is 5.75 Å². The van der Waals surface area contributed by atoms with Gasteiger partial charge in [0.25, 0.3) is 0 Å². The molecule has 12 nitrogen and oxygen atoms in total. The van der Waals surface area contributed by atoms with E-state index in [1.165, 1.54) is 8.99 Å². The number of sulfonamides is 1. The molecule has 0 unspecified atom stereocenters. The number of nitrogens with zero attached hydrogens (tertiary/aromatic N) is 6. The summed E-state index contributed by atoms with van der Waals surface area (Å²) in [4.78, 5) is 19.6. The summed E-state index contributed by atoms with van der Waals surface area (Å²) in [5.74, 6) is -0.114. The van der Waals surface area contributed by atoms with Crippen LogP contribution in [0.25, 0.3) is 11.4 Å². The average molecular weight is 626 g/mol. The second-order valence-corrected chi connectivity index (χ2v) is 13.6.